The summed E-state index contributed by atoms with van der Waals surface area (Å²) in [5, 5.41) is 0.811. The molecule has 0 aliphatic carbocycles. The second-order valence-corrected chi connectivity index (χ2v) is 6.32. The summed E-state index contributed by atoms with van der Waals surface area (Å²) in [5.74, 6) is 0. The number of thioether (sulfide) groups is 1. The molecule has 1 saturated heterocycles. The van der Waals surface area contributed by atoms with Gasteiger partial charge in [-0.1, -0.05) is 0 Å². The van der Waals surface area contributed by atoms with Crippen molar-refractivity contribution in [1.29, 1.82) is 0 Å². The van der Waals surface area contributed by atoms with Gasteiger partial charge in [0.2, 0.25) is 10.0 Å². The lowest BCUT2D eigenvalue weighted by Gasteiger charge is -2.25. The molecule has 2 heterocycles. The number of hydrogen-bond acceptors (Lipinski definition) is 5. The van der Waals surface area contributed by atoms with Crippen LogP contribution in [-0.4, -0.2) is 50.3 Å². The number of hydrogen-bond donors (Lipinski definition) is 0. The van der Waals surface area contributed by atoms with E-state index < -0.39 is 10.0 Å². The van der Waals surface area contributed by atoms with Crippen LogP contribution < -0.4 is 0 Å². The molecule has 0 radical (unpaired) electrons. The van der Waals surface area contributed by atoms with Gasteiger partial charge in [0, 0.05) is 19.3 Å². The highest BCUT2D eigenvalue weighted by molar-refractivity contribution is 7.98. The van der Waals surface area contributed by atoms with Gasteiger partial charge in [-0.15, -0.1) is 11.8 Å². The van der Waals surface area contributed by atoms with Gasteiger partial charge in [0.05, 0.1) is 18.2 Å². The van der Waals surface area contributed by atoms with Crippen LogP contribution in [0.2, 0.25) is 0 Å². The van der Waals surface area contributed by atoms with E-state index in [0.717, 1.165) is 5.03 Å². The minimum absolute atomic E-state index is 0.247. The quantitative estimate of drug-likeness (QED) is 0.764. The topological polar surface area (TPSA) is 59.5 Å². The Bertz CT molecular complexity index is 467. The predicted molar refractivity (Wildman–Crippen MR) is 65.6 cm³/mol. The van der Waals surface area contributed by atoms with Crippen molar-refractivity contribution < 1.29 is 13.2 Å². The van der Waals surface area contributed by atoms with Crippen molar-refractivity contribution in [3.63, 3.8) is 0 Å². The van der Waals surface area contributed by atoms with Gasteiger partial charge in [-0.3, -0.25) is 0 Å². The van der Waals surface area contributed by atoms with E-state index in [4.69, 9.17) is 4.74 Å². The van der Waals surface area contributed by atoms with Gasteiger partial charge in [0.15, 0.2) is 0 Å². The lowest BCUT2D eigenvalue weighted by Crippen LogP contribution is -2.40. The van der Waals surface area contributed by atoms with Crippen LogP contribution in [0.4, 0.5) is 0 Å². The Morgan fingerprint density at radius 2 is 2.06 bits per heavy atom. The van der Waals surface area contributed by atoms with Crippen LogP contribution in [0.3, 0.4) is 0 Å². The normalized spacial score (nSPS) is 18.2. The van der Waals surface area contributed by atoms with E-state index >= 15 is 0 Å². The second-order valence-electron chi connectivity index (χ2n) is 3.55. The molecule has 1 aliphatic rings. The lowest BCUT2D eigenvalue weighted by molar-refractivity contribution is 0.0730. The molecule has 0 aromatic carbocycles. The van der Waals surface area contributed by atoms with Crippen molar-refractivity contribution in [3.8, 4) is 0 Å². The summed E-state index contributed by atoms with van der Waals surface area (Å²) < 4.78 is 31.0. The Balaban J connectivity index is 2.23. The fourth-order valence-corrected chi connectivity index (χ4v) is 3.29. The van der Waals surface area contributed by atoms with Gasteiger partial charge in [-0.2, -0.15) is 4.31 Å². The maximum Gasteiger partial charge on any atom is 0.244 e. The summed E-state index contributed by atoms with van der Waals surface area (Å²) in [6.07, 6.45) is 3.31. The maximum atomic E-state index is 12.2. The number of pyridine rings is 1. The first kappa shape index (κ1) is 12.8. The summed E-state index contributed by atoms with van der Waals surface area (Å²) in [7, 11) is -3.41. The van der Waals surface area contributed by atoms with Gasteiger partial charge >= 0.3 is 0 Å². The van der Waals surface area contributed by atoms with E-state index in [1.807, 2.05) is 6.26 Å². The van der Waals surface area contributed by atoms with Crippen molar-refractivity contribution in [1.82, 2.24) is 9.29 Å². The number of nitrogens with zero attached hydrogens (tertiary/aromatic N) is 2. The summed E-state index contributed by atoms with van der Waals surface area (Å²) in [4.78, 5) is 4.33. The van der Waals surface area contributed by atoms with Crippen LogP contribution in [0.1, 0.15) is 0 Å². The number of sulfonamides is 1. The van der Waals surface area contributed by atoms with E-state index in [0.29, 0.717) is 26.3 Å². The minimum atomic E-state index is -3.41. The van der Waals surface area contributed by atoms with Crippen LogP contribution >= 0.6 is 11.8 Å². The van der Waals surface area contributed by atoms with Gasteiger partial charge in [0.25, 0.3) is 0 Å². The Morgan fingerprint density at radius 1 is 1.35 bits per heavy atom. The molecule has 0 amide bonds. The molecule has 0 atom stereocenters. The molecule has 0 N–H and O–H groups in total. The summed E-state index contributed by atoms with van der Waals surface area (Å²) in [5.41, 5.74) is 0. The fraction of sp³-hybridized carbons (Fsp3) is 0.500. The van der Waals surface area contributed by atoms with Gasteiger partial charge in [-0.25, -0.2) is 13.4 Å². The third-order valence-electron chi connectivity index (χ3n) is 2.53. The first-order valence-corrected chi connectivity index (χ1v) is 7.89. The third-order valence-corrected chi connectivity index (χ3v) is 5.07. The zero-order chi connectivity index (χ0) is 12.3. The highest BCUT2D eigenvalue weighted by Gasteiger charge is 2.26. The van der Waals surface area contributed by atoms with Crippen molar-refractivity contribution >= 4 is 21.8 Å². The van der Waals surface area contributed by atoms with E-state index in [2.05, 4.69) is 4.98 Å². The van der Waals surface area contributed by atoms with E-state index in [1.54, 1.807) is 12.1 Å². The highest BCUT2D eigenvalue weighted by atomic mass is 32.2. The SMILES string of the molecule is CSc1ccc(S(=O)(=O)N2CCOCC2)cn1. The highest BCUT2D eigenvalue weighted by Crippen LogP contribution is 2.18. The molecule has 1 aromatic rings. The maximum absolute atomic E-state index is 12.2. The number of rotatable bonds is 3. The molecule has 7 heteroatoms. The van der Waals surface area contributed by atoms with Crippen molar-refractivity contribution in [2.75, 3.05) is 32.6 Å². The monoisotopic (exact) mass is 274 g/mol. The molecule has 1 fully saturated rings. The van der Waals surface area contributed by atoms with E-state index in [1.165, 1.54) is 22.3 Å². The molecule has 17 heavy (non-hydrogen) atoms. The summed E-state index contributed by atoms with van der Waals surface area (Å²) in [6, 6.07) is 3.32. The summed E-state index contributed by atoms with van der Waals surface area (Å²) >= 11 is 1.48. The lowest BCUT2D eigenvalue weighted by atomic mass is 10.5. The first-order valence-electron chi connectivity index (χ1n) is 5.22. The fourth-order valence-electron chi connectivity index (χ4n) is 1.58. The number of morpholine rings is 1. The van der Waals surface area contributed by atoms with E-state index in [9.17, 15) is 8.42 Å². The van der Waals surface area contributed by atoms with Gasteiger partial charge in [0.1, 0.15) is 4.90 Å². The smallest absolute Gasteiger partial charge is 0.244 e. The second kappa shape index (κ2) is 5.34. The van der Waals surface area contributed by atoms with Crippen LogP contribution in [0.25, 0.3) is 0 Å². The molecule has 0 bridgehead atoms. The van der Waals surface area contributed by atoms with Crippen LogP contribution in [0.15, 0.2) is 28.3 Å². The molecular weight excluding hydrogens is 260 g/mol. The molecule has 1 aromatic heterocycles. The number of ether oxygens (including phenoxy) is 1. The Kier molecular flexibility index (Phi) is 4.03. The minimum Gasteiger partial charge on any atom is -0.379 e. The van der Waals surface area contributed by atoms with Gasteiger partial charge in [-0.05, 0) is 18.4 Å². The molecule has 94 valence electrons. The van der Waals surface area contributed by atoms with Crippen molar-refractivity contribution in [3.05, 3.63) is 18.3 Å². The molecule has 1 aliphatic heterocycles. The molecule has 2 rings (SSSR count). The Hall–Kier alpha value is -0.630. The van der Waals surface area contributed by atoms with Crippen LogP contribution in [-0.2, 0) is 14.8 Å². The molecular formula is C10H14N2O3S2. The van der Waals surface area contributed by atoms with Crippen LogP contribution in [0.5, 0.6) is 0 Å². The zero-order valence-corrected chi connectivity index (χ0v) is 11.1. The average molecular weight is 274 g/mol. The molecule has 0 unspecified atom stereocenters. The summed E-state index contributed by atoms with van der Waals surface area (Å²) in [6.45, 7) is 1.73. The molecule has 0 saturated carbocycles. The Labute approximate surface area is 105 Å². The average Bonchev–Trinajstić information content (AvgIpc) is 2.40. The molecule has 0 spiro atoms. The number of aromatic nitrogens is 1. The van der Waals surface area contributed by atoms with Crippen LogP contribution in [0, 0.1) is 0 Å². The molecule has 5 nitrogen and oxygen atoms in total. The standard InChI is InChI=1S/C10H14N2O3S2/c1-16-10-3-2-9(8-11-10)17(13,14)12-4-6-15-7-5-12/h2-3,8H,4-7H2,1H3. The third kappa shape index (κ3) is 2.79. The van der Waals surface area contributed by atoms with Crippen molar-refractivity contribution in [2.24, 2.45) is 0 Å². The Morgan fingerprint density at radius 3 is 2.59 bits per heavy atom. The van der Waals surface area contributed by atoms with E-state index in [-0.39, 0.29) is 4.90 Å². The predicted octanol–water partition coefficient (Wildman–Crippen LogP) is 0.824. The largest absolute Gasteiger partial charge is 0.379 e. The first-order chi connectivity index (χ1) is 8.14. The van der Waals surface area contributed by atoms with Crippen molar-refractivity contribution in [2.45, 2.75) is 9.92 Å². The van der Waals surface area contributed by atoms with Gasteiger partial charge < -0.3 is 4.74 Å². The zero-order valence-electron chi connectivity index (χ0n) is 9.50.